The molecule has 1 aromatic carbocycles. The molecular weight excluding hydrogens is 311 g/mol. The van der Waals surface area contributed by atoms with Gasteiger partial charge in [-0.15, -0.1) is 11.3 Å². The summed E-state index contributed by atoms with van der Waals surface area (Å²) in [6, 6.07) is 7.92. The largest absolute Gasteiger partial charge is 0.271 e. The lowest BCUT2D eigenvalue weighted by Gasteiger charge is -2.15. The first-order chi connectivity index (χ1) is 9.69. The predicted octanol–water partition coefficient (Wildman–Crippen LogP) is 4.49. The summed E-state index contributed by atoms with van der Waals surface area (Å²) in [4.78, 5) is 2.75. The predicted molar refractivity (Wildman–Crippen MR) is 86.6 cm³/mol. The fraction of sp³-hybridized carbons (Fsp3) is 0.333. The van der Waals surface area contributed by atoms with E-state index in [-0.39, 0.29) is 6.04 Å². The number of rotatable bonds is 3. The molecule has 20 heavy (non-hydrogen) atoms. The highest BCUT2D eigenvalue weighted by molar-refractivity contribution is 7.12. The van der Waals surface area contributed by atoms with Gasteiger partial charge in [-0.2, -0.15) is 0 Å². The van der Waals surface area contributed by atoms with Crippen LogP contribution in [-0.2, 0) is 12.8 Å². The Hall–Kier alpha value is -0.580. The van der Waals surface area contributed by atoms with E-state index in [0.29, 0.717) is 10.0 Å². The number of benzene rings is 1. The first-order valence-electron chi connectivity index (χ1n) is 6.71. The molecule has 0 fully saturated rings. The Morgan fingerprint density at radius 1 is 1.10 bits per heavy atom. The minimum atomic E-state index is -0.0274. The number of aryl methyl sites for hydroxylation is 2. The van der Waals surface area contributed by atoms with Crippen LogP contribution in [0.1, 0.15) is 39.8 Å². The van der Waals surface area contributed by atoms with Crippen LogP contribution >= 0.6 is 34.5 Å². The van der Waals surface area contributed by atoms with Crippen molar-refractivity contribution in [2.45, 2.75) is 31.7 Å². The molecule has 3 rings (SSSR count). The van der Waals surface area contributed by atoms with Crippen molar-refractivity contribution in [3.8, 4) is 0 Å². The van der Waals surface area contributed by atoms with E-state index >= 15 is 0 Å². The Kier molecular flexibility index (Phi) is 4.34. The first kappa shape index (κ1) is 14.4. The van der Waals surface area contributed by atoms with Crippen LogP contribution < -0.4 is 11.3 Å². The number of hydrogen-bond donors (Lipinski definition) is 2. The highest BCUT2D eigenvalue weighted by Crippen LogP contribution is 2.36. The Bertz CT molecular complexity index is 601. The number of thiophene rings is 1. The van der Waals surface area contributed by atoms with E-state index in [2.05, 4.69) is 11.5 Å². The lowest BCUT2D eigenvalue weighted by atomic mass is 9.98. The molecule has 0 amide bonds. The lowest BCUT2D eigenvalue weighted by molar-refractivity contribution is 0.645. The molecule has 0 bridgehead atoms. The molecule has 1 atom stereocenters. The third kappa shape index (κ3) is 2.74. The molecule has 1 aliphatic rings. The molecule has 0 saturated carbocycles. The summed E-state index contributed by atoms with van der Waals surface area (Å²) in [5.41, 5.74) is 5.42. The molecule has 1 aliphatic carbocycles. The molecule has 0 saturated heterocycles. The molecular formula is C15H16Cl2N2S. The van der Waals surface area contributed by atoms with Gasteiger partial charge in [-0.25, -0.2) is 5.43 Å². The number of halogens is 2. The van der Waals surface area contributed by atoms with E-state index in [1.807, 2.05) is 29.5 Å². The van der Waals surface area contributed by atoms with Crippen molar-refractivity contribution >= 4 is 34.5 Å². The average Bonchev–Trinajstić information content (AvgIpc) is 2.87. The van der Waals surface area contributed by atoms with Gasteiger partial charge in [0, 0.05) is 9.75 Å². The minimum Gasteiger partial charge on any atom is -0.271 e. The Morgan fingerprint density at radius 2 is 1.90 bits per heavy atom. The van der Waals surface area contributed by atoms with E-state index in [0.717, 1.165) is 5.56 Å². The average molecular weight is 327 g/mol. The zero-order chi connectivity index (χ0) is 14.1. The van der Waals surface area contributed by atoms with Crippen LogP contribution in [0.25, 0.3) is 0 Å². The molecule has 1 aromatic heterocycles. The second-order valence-corrected chi connectivity index (χ2v) is 7.06. The zero-order valence-electron chi connectivity index (χ0n) is 11.0. The van der Waals surface area contributed by atoms with Gasteiger partial charge < -0.3 is 0 Å². The SMILES string of the molecule is NNC(c1ccc(Cl)c(Cl)c1)c1cc2c(s1)CCCC2. The maximum Gasteiger partial charge on any atom is 0.0803 e. The smallest absolute Gasteiger partial charge is 0.0803 e. The van der Waals surface area contributed by atoms with Gasteiger partial charge >= 0.3 is 0 Å². The maximum atomic E-state index is 6.11. The monoisotopic (exact) mass is 326 g/mol. The van der Waals surface area contributed by atoms with Crippen LogP contribution in [0, 0.1) is 0 Å². The van der Waals surface area contributed by atoms with Crippen molar-refractivity contribution in [3.63, 3.8) is 0 Å². The molecule has 5 heteroatoms. The van der Waals surface area contributed by atoms with Crippen molar-refractivity contribution in [3.05, 3.63) is 55.2 Å². The lowest BCUT2D eigenvalue weighted by Crippen LogP contribution is -2.28. The normalized spacial score (nSPS) is 15.9. The van der Waals surface area contributed by atoms with Crippen molar-refractivity contribution in [1.82, 2.24) is 5.43 Å². The third-order valence-corrected chi connectivity index (χ3v) is 5.78. The fourth-order valence-corrected chi connectivity index (χ4v) is 4.34. The maximum absolute atomic E-state index is 6.11. The van der Waals surface area contributed by atoms with Gasteiger partial charge in [0.05, 0.1) is 16.1 Å². The number of hydrogen-bond acceptors (Lipinski definition) is 3. The topological polar surface area (TPSA) is 38.0 Å². The summed E-state index contributed by atoms with van der Waals surface area (Å²) in [5.74, 6) is 5.76. The molecule has 106 valence electrons. The number of nitrogens with one attached hydrogen (secondary N) is 1. The molecule has 0 spiro atoms. The summed E-state index contributed by atoms with van der Waals surface area (Å²) in [7, 11) is 0. The van der Waals surface area contributed by atoms with Gasteiger partial charge in [0.1, 0.15) is 0 Å². The van der Waals surface area contributed by atoms with Gasteiger partial charge in [-0.1, -0.05) is 29.3 Å². The number of hydrazine groups is 1. The molecule has 1 unspecified atom stereocenters. The van der Waals surface area contributed by atoms with Crippen LogP contribution in [-0.4, -0.2) is 0 Å². The van der Waals surface area contributed by atoms with E-state index < -0.39 is 0 Å². The number of fused-ring (bicyclic) bond motifs is 1. The van der Waals surface area contributed by atoms with Gasteiger partial charge in [0.15, 0.2) is 0 Å². The van der Waals surface area contributed by atoms with Crippen molar-refractivity contribution in [2.75, 3.05) is 0 Å². The molecule has 1 heterocycles. The zero-order valence-corrected chi connectivity index (χ0v) is 13.3. The van der Waals surface area contributed by atoms with E-state index in [1.165, 1.54) is 41.0 Å². The summed E-state index contributed by atoms with van der Waals surface area (Å²) >= 11 is 13.9. The van der Waals surface area contributed by atoms with Gasteiger partial charge in [-0.3, -0.25) is 5.84 Å². The van der Waals surface area contributed by atoms with Crippen molar-refractivity contribution in [1.29, 1.82) is 0 Å². The van der Waals surface area contributed by atoms with Crippen LogP contribution in [0.15, 0.2) is 24.3 Å². The third-order valence-electron chi connectivity index (χ3n) is 3.74. The second kappa shape index (κ2) is 6.04. The molecule has 0 radical (unpaired) electrons. The van der Waals surface area contributed by atoms with Crippen LogP contribution in [0.3, 0.4) is 0 Å². The van der Waals surface area contributed by atoms with Crippen LogP contribution in [0.5, 0.6) is 0 Å². The molecule has 2 nitrogen and oxygen atoms in total. The van der Waals surface area contributed by atoms with Gasteiger partial charge in [0.25, 0.3) is 0 Å². The fourth-order valence-electron chi connectivity index (χ4n) is 2.69. The standard InChI is InChI=1S/C15H16Cl2N2S/c16-11-6-5-10(7-12(11)17)15(19-18)14-8-9-3-1-2-4-13(9)20-14/h5-8,15,19H,1-4,18H2. The Morgan fingerprint density at radius 3 is 2.60 bits per heavy atom. The van der Waals surface area contributed by atoms with Gasteiger partial charge in [0.2, 0.25) is 0 Å². The van der Waals surface area contributed by atoms with E-state index in [1.54, 1.807) is 0 Å². The molecule has 2 aromatic rings. The van der Waals surface area contributed by atoms with E-state index in [4.69, 9.17) is 29.0 Å². The van der Waals surface area contributed by atoms with Crippen molar-refractivity contribution in [2.24, 2.45) is 5.84 Å². The Balaban J connectivity index is 1.96. The van der Waals surface area contributed by atoms with Gasteiger partial charge in [-0.05, 0) is 55.0 Å². The molecule has 0 aliphatic heterocycles. The summed E-state index contributed by atoms with van der Waals surface area (Å²) in [6.07, 6.45) is 4.96. The highest BCUT2D eigenvalue weighted by Gasteiger charge is 2.20. The first-order valence-corrected chi connectivity index (χ1v) is 8.29. The number of nitrogens with two attached hydrogens (primary N) is 1. The summed E-state index contributed by atoms with van der Waals surface area (Å²) < 4.78 is 0. The van der Waals surface area contributed by atoms with E-state index in [9.17, 15) is 0 Å². The quantitative estimate of drug-likeness (QED) is 0.644. The van der Waals surface area contributed by atoms with Crippen LogP contribution in [0.4, 0.5) is 0 Å². The summed E-state index contributed by atoms with van der Waals surface area (Å²) in [5, 5.41) is 1.13. The van der Waals surface area contributed by atoms with Crippen molar-refractivity contribution < 1.29 is 0 Å². The molecule has 3 N–H and O–H groups in total. The summed E-state index contributed by atoms with van der Waals surface area (Å²) in [6.45, 7) is 0. The minimum absolute atomic E-state index is 0.0274. The Labute approximate surface area is 132 Å². The highest BCUT2D eigenvalue weighted by atomic mass is 35.5. The van der Waals surface area contributed by atoms with Crippen LogP contribution in [0.2, 0.25) is 10.0 Å². The second-order valence-electron chi connectivity index (χ2n) is 5.08.